The highest BCUT2D eigenvalue weighted by Crippen LogP contribution is 2.32. The predicted octanol–water partition coefficient (Wildman–Crippen LogP) is 1.70. The second kappa shape index (κ2) is 7.13. The molecule has 23 heavy (non-hydrogen) atoms. The number of benzene rings is 1. The van der Waals surface area contributed by atoms with Gasteiger partial charge in [0, 0.05) is 25.5 Å². The summed E-state index contributed by atoms with van der Waals surface area (Å²) in [5.41, 5.74) is 0.437. The highest BCUT2D eigenvalue weighted by Gasteiger charge is 2.25. The van der Waals surface area contributed by atoms with Crippen LogP contribution in [0.25, 0.3) is 0 Å². The molecule has 1 N–H and O–H groups in total. The summed E-state index contributed by atoms with van der Waals surface area (Å²) < 4.78 is 10.4. The van der Waals surface area contributed by atoms with Gasteiger partial charge in [0.1, 0.15) is 0 Å². The van der Waals surface area contributed by atoms with Crippen molar-refractivity contribution in [1.82, 2.24) is 4.90 Å². The largest absolute Gasteiger partial charge is 0.481 e. The number of ketones is 1. The van der Waals surface area contributed by atoms with Crippen molar-refractivity contribution in [2.45, 2.75) is 32.2 Å². The summed E-state index contributed by atoms with van der Waals surface area (Å²) in [6.07, 6.45) is 0.287. The second-order valence-electron chi connectivity index (χ2n) is 5.36. The molecule has 1 aliphatic rings. The summed E-state index contributed by atoms with van der Waals surface area (Å²) in [6, 6.07) is 4.25. The van der Waals surface area contributed by atoms with Crippen LogP contribution in [-0.4, -0.2) is 47.5 Å². The van der Waals surface area contributed by atoms with E-state index in [9.17, 15) is 14.4 Å². The van der Waals surface area contributed by atoms with Crippen molar-refractivity contribution in [3.05, 3.63) is 23.8 Å². The Morgan fingerprint density at radius 1 is 1.22 bits per heavy atom. The Bertz CT molecular complexity index is 627. The zero-order valence-corrected chi connectivity index (χ0v) is 13.1. The predicted molar refractivity (Wildman–Crippen MR) is 80.6 cm³/mol. The molecule has 1 heterocycles. The maximum Gasteiger partial charge on any atom is 0.303 e. The van der Waals surface area contributed by atoms with E-state index in [0.717, 1.165) is 0 Å². The molecule has 0 saturated heterocycles. The third-order valence-corrected chi connectivity index (χ3v) is 3.79. The van der Waals surface area contributed by atoms with E-state index in [1.54, 1.807) is 32.2 Å². The van der Waals surface area contributed by atoms with E-state index < -0.39 is 12.0 Å². The second-order valence-corrected chi connectivity index (χ2v) is 5.36. The number of carbonyl (C=O) groups is 3. The molecular formula is C16H19NO6. The fourth-order valence-corrected chi connectivity index (χ4v) is 2.25. The molecular weight excluding hydrogens is 302 g/mol. The lowest BCUT2D eigenvalue weighted by Crippen LogP contribution is -2.40. The topological polar surface area (TPSA) is 93.1 Å². The van der Waals surface area contributed by atoms with E-state index in [1.165, 1.54) is 4.90 Å². The number of carboxylic acids is 1. The molecule has 2 rings (SSSR count). The highest BCUT2D eigenvalue weighted by atomic mass is 16.7. The number of likely N-dealkylation sites (N-methyl/N-ethyl adjacent to an activating group) is 1. The highest BCUT2D eigenvalue weighted by molar-refractivity contribution is 6.02. The van der Waals surface area contributed by atoms with Crippen molar-refractivity contribution < 1.29 is 29.0 Å². The molecule has 1 unspecified atom stereocenters. The minimum Gasteiger partial charge on any atom is -0.481 e. The fraction of sp³-hybridized carbons (Fsp3) is 0.438. The maximum atomic E-state index is 12.5. The van der Waals surface area contributed by atoms with Gasteiger partial charge in [-0.1, -0.05) is 0 Å². The van der Waals surface area contributed by atoms with E-state index in [2.05, 4.69) is 0 Å². The van der Waals surface area contributed by atoms with Crippen LogP contribution in [0.2, 0.25) is 0 Å². The SMILES string of the molecule is CC(C(=O)c1ccc2c(c1)OCO2)N(C)C(=O)CCCC(=O)O. The molecule has 0 radical (unpaired) electrons. The molecule has 0 spiro atoms. The Balaban J connectivity index is 1.98. The van der Waals surface area contributed by atoms with Gasteiger partial charge in [-0.15, -0.1) is 0 Å². The molecule has 1 aromatic carbocycles. The van der Waals surface area contributed by atoms with Gasteiger partial charge >= 0.3 is 5.97 Å². The van der Waals surface area contributed by atoms with Crippen molar-refractivity contribution in [2.75, 3.05) is 13.8 Å². The molecule has 1 atom stereocenters. The summed E-state index contributed by atoms with van der Waals surface area (Å²) >= 11 is 0. The van der Waals surface area contributed by atoms with Crippen LogP contribution in [-0.2, 0) is 9.59 Å². The van der Waals surface area contributed by atoms with Gasteiger partial charge in [-0.2, -0.15) is 0 Å². The van der Waals surface area contributed by atoms with E-state index >= 15 is 0 Å². The zero-order chi connectivity index (χ0) is 17.0. The Hall–Kier alpha value is -2.57. The Morgan fingerprint density at radius 3 is 2.61 bits per heavy atom. The summed E-state index contributed by atoms with van der Waals surface area (Å²) in [5, 5.41) is 8.59. The number of ether oxygens (including phenoxy) is 2. The average molecular weight is 321 g/mol. The first kappa shape index (κ1) is 16.8. The molecule has 0 bridgehead atoms. The first-order valence-electron chi connectivity index (χ1n) is 7.31. The lowest BCUT2D eigenvalue weighted by Gasteiger charge is -2.24. The first-order chi connectivity index (χ1) is 10.9. The molecule has 7 heteroatoms. The normalized spacial score (nSPS) is 13.5. The fourth-order valence-electron chi connectivity index (χ4n) is 2.25. The van der Waals surface area contributed by atoms with Crippen LogP contribution in [0.3, 0.4) is 0 Å². The molecule has 124 valence electrons. The molecule has 0 aromatic heterocycles. The van der Waals surface area contributed by atoms with Crippen LogP contribution in [0.4, 0.5) is 0 Å². The van der Waals surface area contributed by atoms with Gasteiger partial charge in [0.05, 0.1) is 6.04 Å². The lowest BCUT2D eigenvalue weighted by atomic mass is 10.0. The van der Waals surface area contributed by atoms with Gasteiger partial charge in [0.15, 0.2) is 17.3 Å². The van der Waals surface area contributed by atoms with Crippen molar-refractivity contribution in [3.8, 4) is 11.5 Å². The van der Waals surface area contributed by atoms with Gasteiger partial charge in [-0.05, 0) is 31.5 Å². The number of hydrogen-bond donors (Lipinski definition) is 1. The standard InChI is InChI=1S/C16H19NO6/c1-10(17(2)14(18)4-3-5-15(19)20)16(21)11-6-7-12-13(8-11)23-9-22-12/h6-8,10H,3-5,9H2,1-2H3,(H,19,20). The van der Waals surface area contributed by atoms with E-state index in [0.29, 0.717) is 17.1 Å². The smallest absolute Gasteiger partial charge is 0.303 e. The summed E-state index contributed by atoms with van der Waals surface area (Å²) in [7, 11) is 1.54. The maximum absolute atomic E-state index is 12.5. The molecule has 0 fully saturated rings. The third-order valence-electron chi connectivity index (χ3n) is 3.79. The first-order valence-corrected chi connectivity index (χ1v) is 7.31. The monoisotopic (exact) mass is 321 g/mol. The van der Waals surface area contributed by atoms with Crippen LogP contribution < -0.4 is 9.47 Å². The van der Waals surface area contributed by atoms with Gasteiger partial charge in [-0.25, -0.2) is 0 Å². The number of carbonyl (C=O) groups excluding carboxylic acids is 2. The van der Waals surface area contributed by atoms with Crippen molar-refractivity contribution in [3.63, 3.8) is 0 Å². The minimum atomic E-state index is -0.940. The number of hydrogen-bond acceptors (Lipinski definition) is 5. The Morgan fingerprint density at radius 2 is 1.91 bits per heavy atom. The number of rotatable bonds is 7. The van der Waals surface area contributed by atoms with Crippen LogP contribution in [0.5, 0.6) is 11.5 Å². The Labute approximate surface area is 133 Å². The van der Waals surface area contributed by atoms with Crippen LogP contribution in [0.1, 0.15) is 36.5 Å². The van der Waals surface area contributed by atoms with Crippen molar-refractivity contribution in [1.29, 1.82) is 0 Å². The van der Waals surface area contributed by atoms with Gasteiger partial charge in [0.2, 0.25) is 12.7 Å². The van der Waals surface area contributed by atoms with E-state index in [-0.39, 0.29) is 37.7 Å². The minimum absolute atomic E-state index is 0.0654. The van der Waals surface area contributed by atoms with Crippen LogP contribution in [0, 0.1) is 0 Å². The number of amides is 1. The molecule has 1 aromatic rings. The summed E-state index contributed by atoms with van der Waals surface area (Å²) in [6.45, 7) is 1.77. The van der Waals surface area contributed by atoms with Crippen molar-refractivity contribution >= 4 is 17.7 Å². The number of nitrogens with zero attached hydrogens (tertiary/aromatic N) is 1. The van der Waals surface area contributed by atoms with Gasteiger partial charge < -0.3 is 19.5 Å². The van der Waals surface area contributed by atoms with Gasteiger partial charge in [0.25, 0.3) is 0 Å². The number of carboxylic acid groups (broad SMARTS) is 1. The molecule has 7 nitrogen and oxygen atoms in total. The van der Waals surface area contributed by atoms with Gasteiger partial charge in [-0.3, -0.25) is 14.4 Å². The molecule has 1 aliphatic heterocycles. The molecule has 0 aliphatic carbocycles. The summed E-state index contributed by atoms with van der Waals surface area (Å²) in [4.78, 5) is 36.3. The van der Waals surface area contributed by atoms with E-state index in [1.807, 2.05) is 0 Å². The number of fused-ring (bicyclic) bond motifs is 1. The summed E-state index contributed by atoms with van der Waals surface area (Å²) in [5.74, 6) is -0.305. The zero-order valence-electron chi connectivity index (χ0n) is 13.1. The third kappa shape index (κ3) is 4.00. The van der Waals surface area contributed by atoms with Crippen LogP contribution >= 0.6 is 0 Å². The Kier molecular flexibility index (Phi) is 5.20. The quantitative estimate of drug-likeness (QED) is 0.768. The number of Topliss-reactive ketones (excluding diaryl/α,β-unsaturated/α-hetero) is 1. The van der Waals surface area contributed by atoms with Crippen LogP contribution in [0.15, 0.2) is 18.2 Å². The molecule has 1 amide bonds. The van der Waals surface area contributed by atoms with Crippen molar-refractivity contribution in [2.24, 2.45) is 0 Å². The average Bonchev–Trinajstić information content (AvgIpc) is 2.99. The van der Waals surface area contributed by atoms with E-state index in [4.69, 9.17) is 14.6 Å². The molecule has 0 saturated carbocycles. The lowest BCUT2D eigenvalue weighted by molar-refractivity contribution is -0.137. The number of aliphatic carboxylic acids is 1.